The van der Waals surface area contributed by atoms with Crippen LogP contribution in [0.4, 0.5) is 0 Å². The zero-order valence-electron chi connectivity index (χ0n) is 13.5. The monoisotopic (exact) mass is 332 g/mol. The minimum atomic E-state index is -0.510. The third-order valence-electron chi connectivity index (χ3n) is 3.37. The van der Waals surface area contributed by atoms with E-state index in [0.717, 1.165) is 22.6 Å². The standard InChI is InChI=1S/C18H20O4S/c1-4-12-6-11-15(18(20)22-5-2)16(19)17(12)23-14-9-7-13(21-3)8-10-14/h6-11,19H,4-5H2,1-3H3. The number of hydrogen-bond donors (Lipinski definition) is 1. The Morgan fingerprint density at radius 2 is 1.83 bits per heavy atom. The summed E-state index contributed by atoms with van der Waals surface area (Å²) < 4.78 is 10.1. The molecule has 0 bridgehead atoms. The minimum absolute atomic E-state index is 0.0244. The molecule has 0 heterocycles. The third kappa shape index (κ3) is 3.99. The first-order valence-electron chi connectivity index (χ1n) is 7.44. The molecule has 0 aliphatic heterocycles. The van der Waals surface area contributed by atoms with Crippen molar-refractivity contribution in [2.45, 2.75) is 30.1 Å². The van der Waals surface area contributed by atoms with Gasteiger partial charge in [0.05, 0.1) is 18.6 Å². The zero-order valence-corrected chi connectivity index (χ0v) is 14.3. The molecule has 0 atom stereocenters. The van der Waals surface area contributed by atoms with Gasteiger partial charge < -0.3 is 14.6 Å². The van der Waals surface area contributed by atoms with E-state index in [0.29, 0.717) is 4.90 Å². The maximum absolute atomic E-state index is 11.9. The number of hydrogen-bond acceptors (Lipinski definition) is 5. The van der Waals surface area contributed by atoms with Crippen molar-refractivity contribution in [2.24, 2.45) is 0 Å². The Bertz CT molecular complexity index is 680. The predicted molar refractivity (Wildman–Crippen MR) is 90.6 cm³/mol. The van der Waals surface area contributed by atoms with Gasteiger partial charge in [0.15, 0.2) is 0 Å². The number of phenolic OH excluding ortho intramolecular Hbond substituents is 1. The first-order chi connectivity index (χ1) is 11.1. The lowest BCUT2D eigenvalue weighted by Crippen LogP contribution is -2.06. The van der Waals surface area contributed by atoms with Crippen LogP contribution in [-0.4, -0.2) is 24.8 Å². The number of benzene rings is 2. The lowest BCUT2D eigenvalue weighted by atomic mass is 10.1. The Labute approximate surface area is 140 Å². The molecule has 1 N–H and O–H groups in total. The molecule has 0 aromatic heterocycles. The van der Waals surface area contributed by atoms with Gasteiger partial charge in [-0.25, -0.2) is 4.79 Å². The molecule has 2 aromatic carbocycles. The fraction of sp³-hybridized carbons (Fsp3) is 0.278. The molecule has 5 heteroatoms. The lowest BCUT2D eigenvalue weighted by Gasteiger charge is -2.13. The Balaban J connectivity index is 2.38. The first-order valence-corrected chi connectivity index (χ1v) is 8.26. The lowest BCUT2D eigenvalue weighted by molar-refractivity contribution is 0.0522. The van der Waals surface area contributed by atoms with E-state index < -0.39 is 5.97 Å². The van der Waals surface area contributed by atoms with Crippen LogP contribution in [0.3, 0.4) is 0 Å². The molecule has 0 radical (unpaired) electrons. The molecule has 0 amide bonds. The highest BCUT2D eigenvalue weighted by Crippen LogP contribution is 2.40. The second kappa shape index (κ2) is 7.92. The number of aryl methyl sites for hydroxylation is 1. The molecule has 2 rings (SSSR count). The van der Waals surface area contributed by atoms with Gasteiger partial charge in [-0.2, -0.15) is 0 Å². The first kappa shape index (κ1) is 17.2. The quantitative estimate of drug-likeness (QED) is 0.800. The highest BCUT2D eigenvalue weighted by molar-refractivity contribution is 7.99. The Kier molecular flexibility index (Phi) is 5.93. The van der Waals surface area contributed by atoms with Gasteiger partial charge in [-0.05, 0) is 49.2 Å². The van der Waals surface area contributed by atoms with Crippen molar-refractivity contribution in [3.63, 3.8) is 0 Å². The van der Waals surface area contributed by atoms with Crippen molar-refractivity contribution in [2.75, 3.05) is 13.7 Å². The van der Waals surface area contributed by atoms with Crippen molar-refractivity contribution >= 4 is 17.7 Å². The topological polar surface area (TPSA) is 55.8 Å². The van der Waals surface area contributed by atoms with Crippen molar-refractivity contribution in [1.29, 1.82) is 0 Å². The van der Waals surface area contributed by atoms with E-state index in [1.165, 1.54) is 11.8 Å². The van der Waals surface area contributed by atoms with Gasteiger partial charge >= 0.3 is 5.97 Å². The SMILES string of the molecule is CCOC(=O)c1ccc(CC)c(Sc2ccc(OC)cc2)c1O. The molecular formula is C18H20O4S. The number of ether oxygens (including phenoxy) is 2. The van der Waals surface area contributed by atoms with Crippen LogP contribution in [0.5, 0.6) is 11.5 Å². The van der Waals surface area contributed by atoms with Crippen LogP contribution in [-0.2, 0) is 11.2 Å². The Morgan fingerprint density at radius 1 is 1.13 bits per heavy atom. The molecule has 0 fully saturated rings. The van der Waals surface area contributed by atoms with Crippen LogP contribution in [0, 0.1) is 0 Å². The number of carbonyl (C=O) groups excluding carboxylic acids is 1. The van der Waals surface area contributed by atoms with Crippen LogP contribution in [0.25, 0.3) is 0 Å². The molecule has 0 unspecified atom stereocenters. The van der Waals surface area contributed by atoms with E-state index in [-0.39, 0.29) is 17.9 Å². The molecule has 0 spiro atoms. The van der Waals surface area contributed by atoms with E-state index in [4.69, 9.17) is 9.47 Å². The van der Waals surface area contributed by atoms with E-state index in [9.17, 15) is 9.90 Å². The molecule has 2 aromatic rings. The molecule has 4 nitrogen and oxygen atoms in total. The number of esters is 1. The van der Waals surface area contributed by atoms with Gasteiger partial charge in [0.1, 0.15) is 17.1 Å². The van der Waals surface area contributed by atoms with E-state index in [1.54, 1.807) is 20.1 Å². The summed E-state index contributed by atoms with van der Waals surface area (Å²) >= 11 is 1.42. The molecule has 122 valence electrons. The van der Waals surface area contributed by atoms with Gasteiger partial charge in [-0.3, -0.25) is 0 Å². The average Bonchev–Trinajstić information content (AvgIpc) is 2.57. The molecule has 0 aliphatic carbocycles. The van der Waals surface area contributed by atoms with E-state index >= 15 is 0 Å². The number of carbonyl (C=O) groups is 1. The van der Waals surface area contributed by atoms with E-state index in [2.05, 4.69) is 0 Å². The summed E-state index contributed by atoms with van der Waals surface area (Å²) in [7, 11) is 1.62. The highest BCUT2D eigenvalue weighted by atomic mass is 32.2. The molecular weight excluding hydrogens is 312 g/mol. The summed E-state index contributed by atoms with van der Waals surface area (Å²) in [6.07, 6.45) is 0.759. The Morgan fingerprint density at radius 3 is 2.39 bits per heavy atom. The van der Waals surface area contributed by atoms with Crippen LogP contribution >= 0.6 is 11.8 Å². The zero-order chi connectivity index (χ0) is 16.8. The summed E-state index contributed by atoms with van der Waals surface area (Å²) in [5, 5.41) is 10.5. The number of methoxy groups -OCH3 is 1. The van der Waals surface area contributed by atoms with Crippen molar-refractivity contribution in [3.05, 3.63) is 47.5 Å². The van der Waals surface area contributed by atoms with Crippen LogP contribution in [0.1, 0.15) is 29.8 Å². The molecule has 0 saturated heterocycles. The fourth-order valence-corrected chi connectivity index (χ4v) is 3.20. The normalized spacial score (nSPS) is 10.4. The summed E-state index contributed by atoms with van der Waals surface area (Å²) in [5.41, 5.74) is 1.18. The van der Waals surface area contributed by atoms with Crippen molar-refractivity contribution in [1.82, 2.24) is 0 Å². The van der Waals surface area contributed by atoms with Crippen LogP contribution in [0.2, 0.25) is 0 Å². The minimum Gasteiger partial charge on any atom is -0.506 e. The van der Waals surface area contributed by atoms with Gasteiger partial charge in [0.25, 0.3) is 0 Å². The summed E-state index contributed by atoms with van der Waals surface area (Å²) in [4.78, 5) is 13.6. The van der Waals surface area contributed by atoms with E-state index in [1.807, 2.05) is 37.3 Å². The van der Waals surface area contributed by atoms with Gasteiger partial charge in [-0.15, -0.1) is 0 Å². The molecule has 23 heavy (non-hydrogen) atoms. The maximum atomic E-state index is 11.9. The summed E-state index contributed by atoms with van der Waals surface area (Å²) in [5.74, 6) is 0.238. The molecule has 0 aliphatic rings. The maximum Gasteiger partial charge on any atom is 0.341 e. The van der Waals surface area contributed by atoms with Crippen LogP contribution < -0.4 is 4.74 Å². The Hall–Kier alpha value is -2.14. The second-order valence-corrected chi connectivity index (χ2v) is 5.89. The van der Waals surface area contributed by atoms with Crippen molar-refractivity contribution in [3.8, 4) is 11.5 Å². The van der Waals surface area contributed by atoms with Crippen molar-refractivity contribution < 1.29 is 19.4 Å². The van der Waals surface area contributed by atoms with Crippen LogP contribution in [0.15, 0.2) is 46.2 Å². The smallest absolute Gasteiger partial charge is 0.341 e. The fourth-order valence-electron chi connectivity index (χ4n) is 2.14. The third-order valence-corrected chi connectivity index (χ3v) is 4.54. The van der Waals surface area contributed by atoms with Gasteiger partial charge in [-0.1, -0.05) is 24.8 Å². The number of aromatic hydroxyl groups is 1. The van der Waals surface area contributed by atoms with Gasteiger partial charge in [0.2, 0.25) is 0 Å². The largest absolute Gasteiger partial charge is 0.506 e. The summed E-state index contributed by atoms with van der Waals surface area (Å²) in [6, 6.07) is 11.0. The predicted octanol–water partition coefficient (Wildman–Crippen LogP) is 4.29. The number of phenols is 1. The number of rotatable bonds is 6. The second-order valence-electron chi connectivity index (χ2n) is 4.80. The average molecular weight is 332 g/mol. The summed E-state index contributed by atoms with van der Waals surface area (Å²) in [6.45, 7) is 4.02. The van der Waals surface area contributed by atoms with Gasteiger partial charge in [0, 0.05) is 4.90 Å². The molecule has 0 saturated carbocycles. The highest BCUT2D eigenvalue weighted by Gasteiger charge is 2.19.